The van der Waals surface area contributed by atoms with Gasteiger partial charge in [-0.15, -0.1) is 11.3 Å². The molecule has 0 unspecified atom stereocenters. The molecular formula is C11H15NO4S. The maximum Gasteiger partial charge on any atom is 0.349 e. The molecule has 1 aliphatic heterocycles. The number of thiazole rings is 1. The fraction of sp³-hybridized carbons (Fsp3) is 0.636. The molecule has 2 heterocycles. The van der Waals surface area contributed by atoms with Gasteiger partial charge in [-0.25, -0.2) is 9.78 Å². The van der Waals surface area contributed by atoms with Gasteiger partial charge in [0.25, 0.3) is 0 Å². The van der Waals surface area contributed by atoms with Crippen LogP contribution >= 0.6 is 11.3 Å². The van der Waals surface area contributed by atoms with Gasteiger partial charge >= 0.3 is 5.97 Å². The minimum atomic E-state index is -0.408. The number of carbonyl (C=O) groups is 1. The highest BCUT2D eigenvalue weighted by atomic mass is 32.1. The minimum absolute atomic E-state index is 0.355. The standard InChI is InChI=1S/C11H15NO4S/c1-14-9(13)8-7-12-10(17-8)11(15-2)3-5-16-6-4-11/h7H,3-6H2,1-2H3. The highest BCUT2D eigenvalue weighted by Crippen LogP contribution is 2.37. The zero-order chi connectivity index (χ0) is 12.3. The molecule has 0 spiro atoms. The van der Waals surface area contributed by atoms with Crippen LogP contribution in [0.25, 0.3) is 0 Å². The molecule has 0 radical (unpaired) electrons. The summed E-state index contributed by atoms with van der Waals surface area (Å²) in [7, 11) is 3.03. The Hall–Kier alpha value is -0.980. The lowest BCUT2D eigenvalue weighted by Crippen LogP contribution is -2.35. The summed E-state index contributed by atoms with van der Waals surface area (Å²) < 4.78 is 15.6. The number of nitrogens with zero attached hydrogens (tertiary/aromatic N) is 1. The van der Waals surface area contributed by atoms with Gasteiger partial charge < -0.3 is 14.2 Å². The Kier molecular flexibility index (Phi) is 3.76. The van der Waals surface area contributed by atoms with Crippen molar-refractivity contribution in [1.29, 1.82) is 0 Å². The van der Waals surface area contributed by atoms with Crippen molar-refractivity contribution >= 4 is 17.3 Å². The second kappa shape index (κ2) is 5.12. The van der Waals surface area contributed by atoms with Crippen molar-refractivity contribution in [1.82, 2.24) is 4.98 Å². The van der Waals surface area contributed by atoms with E-state index in [1.54, 1.807) is 13.3 Å². The van der Waals surface area contributed by atoms with Crippen molar-refractivity contribution in [3.63, 3.8) is 0 Å². The summed E-state index contributed by atoms with van der Waals surface area (Å²) in [5.41, 5.74) is -0.408. The first-order valence-electron chi connectivity index (χ1n) is 5.39. The Morgan fingerprint density at radius 1 is 1.47 bits per heavy atom. The van der Waals surface area contributed by atoms with E-state index in [9.17, 15) is 4.79 Å². The molecule has 6 heteroatoms. The van der Waals surface area contributed by atoms with Crippen LogP contribution in [0.5, 0.6) is 0 Å². The number of carbonyl (C=O) groups excluding carboxylic acids is 1. The third kappa shape index (κ3) is 2.34. The number of hydrogen-bond donors (Lipinski definition) is 0. The van der Waals surface area contributed by atoms with Crippen LogP contribution in [0.4, 0.5) is 0 Å². The van der Waals surface area contributed by atoms with Gasteiger partial charge in [-0.2, -0.15) is 0 Å². The van der Waals surface area contributed by atoms with Crippen LogP contribution in [-0.4, -0.2) is 38.4 Å². The van der Waals surface area contributed by atoms with Crippen LogP contribution in [0.15, 0.2) is 6.20 Å². The van der Waals surface area contributed by atoms with Crippen LogP contribution < -0.4 is 0 Å². The van der Waals surface area contributed by atoms with Gasteiger partial charge in [0.2, 0.25) is 0 Å². The van der Waals surface area contributed by atoms with E-state index in [2.05, 4.69) is 9.72 Å². The van der Waals surface area contributed by atoms with Gasteiger partial charge in [0, 0.05) is 33.2 Å². The van der Waals surface area contributed by atoms with E-state index in [1.165, 1.54) is 18.4 Å². The Morgan fingerprint density at radius 2 is 2.18 bits per heavy atom. The topological polar surface area (TPSA) is 57.7 Å². The lowest BCUT2D eigenvalue weighted by Gasteiger charge is -2.33. The van der Waals surface area contributed by atoms with E-state index in [-0.39, 0.29) is 5.97 Å². The normalized spacial score (nSPS) is 18.9. The number of esters is 1. The van der Waals surface area contributed by atoms with Crippen LogP contribution in [0.1, 0.15) is 27.5 Å². The largest absolute Gasteiger partial charge is 0.465 e. The third-order valence-electron chi connectivity index (χ3n) is 2.97. The molecule has 1 fully saturated rings. The number of hydrogen-bond acceptors (Lipinski definition) is 6. The number of ether oxygens (including phenoxy) is 3. The van der Waals surface area contributed by atoms with Crippen LogP contribution in [0.3, 0.4) is 0 Å². The van der Waals surface area contributed by atoms with Gasteiger partial charge in [-0.05, 0) is 0 Å². The van der Waals surface area contributed by atoms with E-state index in [4.69, 9.17) is 9.47 Å². The fourth-order valence-electron chi connectivity index (χ4n) is 1.89. The van der Waals surface area contributed by atoms with Crippen LogP contribution in [-0.2, 0) is 19.8 Å². The first kappa shape index (κ1) is 12.5. The molecule has 1 aromatic heterocycles. The zero-order valence-electron chi connectivity index (χ0n) is 9.89. The maximum atomic E-state index is 11.4. The Labute approximate surface area is 104 Å². The first-order valence-corrected chi connectivity index (χ1v) is 6.21. The van der Waals surface area contributed by atoms with Crippen molar-refractivity contribution in [2.24, 2.45) is 0 Å². The summed E-state index contributed by atoms with van der Waals surface area (Å²) in [6, 6.07) is 0. The fourth-order valence-corrected chi connectivity index (χ4v) is 2.95. The second-order valence-electron chi connectivity index (χ2n) is 3.83. The van der Waals surface area contributed by atoms with Gasteiger partial charge in [0.05, 0.1) is 13.3 Å². The molecular weight excluding hydrogens is 242 g/mol. The molecule has 0 atom stereocenters. The third-order valence-corrected chi connectivity index (χ3v) is 4.14. The highest BCUT2D eigenvalue weighted by molar-refractivity contribution is 7.13. The lowest BCUT2D eigenvalue weighted by atomic mass is 9.95. The lowest BCUT2D eigenvalue weighted by molar-refractivity contribution is -0.0948. The van der Waals surface area contributed by atoms with Gasteiger partial charge in [-0.3, -0.25) is 0 Å². The van der Waals surface area contributed by atoms with E-state index >= 15 is 0 Å². The van der Waals surface area contributed by atoms with E-state index in [1.807, 2.05) is 0 Å². The molecule has 1 aromatic rings. The smallest absolute Gasteiger partial charge is 0.349 e. The molecule has 0 aliphatic carbocycles. The van der Waals surface area contributed by atoms with Crippen molar-refractivity contribution in [2.45, 2.75) is 18.4 Å². The molecule has 0 amide bonds. The summed E-state index contributed by atoms with van der Waals surface area (Å²) in [6.07, 6.45) is 3.07. The average molecular weight is 257 g/mol. The van der Waals surface area contributed by atoms with Crippen molar-refractivity contribution in [3.8, 4) is 0 Å². The summed E-state index contributed by atoms with van der Waals surface area (Å²) in [5.74, 6) is -0.355. The van der Waals surface area contributed by atoms with Gasteiger partial charge in [0.1, 0.15) is 15.5 Å². The van der Waals surface area contributed by atoms with Crippen LogP contribution in [0, 0.1) is 0 Å². The quantitative estimate of drug-likeness (QED) is 0.769. The number of methoxy groups -OCH3 is 2. The monoisotopic (exact) mass is 257 g/mol. The Balaban J connectivity index is 2.25. The first-order chi connectivity index (χ1) is 8.22. The van der Waals surface area contributed by atoms with Gasteiger partial charge in [-0.1, -0.05) is 0 Å². The number of rotatable bonds is 3. The van der Waals surface area contributed by atoms with Crippen molar-refractivity contribution in [3.05, 3.63) is 16.1 Å². The number of aromatic nitrogens is 1. The van der Waals surface area contributed by atoms with Gasteiger partial charge in [0.15, 0.2) is 0 Å². The SMILES string of the molecule is COC(=O)c1cnc(C2(OC)CCOCC2)s1. The Bertz CT molecular complexity index is 398. The molecule has 5 nitrogen and oxygen atoms in total. The zero-order valence-corrected chi connectivity index (χ0v) is 10.7. The second-order valence-corrected chi connectivity index (χ2v) is 4.86. The molecule has 2 rings (SSSR count). The summed E-state index contributed by atoms with van der Waals surface area (Å²) in [6.45, 7) is 1.31. The predicted molar refractivity (Wildman–Crippen MR) is 62.2 cm³/mol. The molecule has 0 saturated carbocycles. The molecule has 1 saturated heterocycles. The average Bonchev–Trinajstić information content (AvgIpc) is 2.88. The Morgan fingerprint density at radius 3 is 2.76 bits per heavy atom. The molecule has 94 valence electrons. The molecule has 1 aliphatic rings. The van der Waals surface area contributed by atoms with Crippen molar-refractivity contribution < 1.29 is 19.0 Å². The predicted octanol–water partition coefficient (Wildman–Crippen LogP) is 1.58. The van der Waals surface area contributed by atoms with E-state index in [0.717, 1.165) is 17.8 Å². The summed E-state index contributed by atoms with van der Waals surface area (Å²) in [4.78, 5) is 16.2. The summed E-state index contributed by atoms with van der Waals surface area (Å²) >= 11 is 1.33. The minimum Gasteiger partial charge on any atom is -0.465 e. The molecule has 0 aromatic carbocycles. The molecule has 17 heavy (non-hydrogen) atoms. The molecule has 0 bridgehead atoms. The van der Waals surface area contributed by atoms with E-state index < -0.39 is 5.60 Å². The van der Waals surface area contributed by atoms with E-state index in [0.29, 0.717) is 18.1 Å². The summed E-state index contributed by atoms with van der Waals surface area (Å²) in [5, 5.41) is 0.823. The van der Waals surface area contributed by atoms with Crippen LogP contribution in [0.2, 0.25) is 0 Å². The molecule has 0 N–H and O–H groups in total. The van der Waals surface area contributed by atoms with Crippen molar-refractivity contribution in [2.75, 3.05) is 27.4 Å². The highest BCUT2D eigenvalue weighted by Gasteiger charge is 2.37. The maximum absolute atomic E-state index is 11.4.